The molecule has 9 heteroatoms. The monoisotopic (exact) mass is 494 g/mol. The summed E-state index contributed by atoms with van der Waals surface area (Å²) >= 11 is 0. The van der Waals surface area contributed by atoms with Gasteiger partial charge in [-0.3, -0.25) is 4.98 Å². The molecule has 2 fully saturated rings. The zero-order valence-electron chi connectivity index (χ0n) is 23.8. The maximum Gasteiger partial charge on any atom is 0.130 e. The second-order valence-electron chi connectivity index (χ2n) is 13.5. The first-order chi connectivity index (χ1) is 17.6. The van der Waals surface area contributed by atoms with Gasteiger partial charge in [-0.2, -0.15) is 0 Å². The number of nitrogens with zero attached hydrogens (tertiary/aromatic N) is 1. The molecule has 37 heavy (non-hydrogen) atoms. The largest absolute Gasteiger partial charge is 0.386 e. The molecule has 2 heterocycles. The van der Waals surface area contributed by atoms with Crippen LogP contribution in [0.2, 0.25) is 5.11 Å². The van der Waals surface area contributed by atoms with Crippen LogP contribution in [0.1, 0.15) is 86.8 Å². The summed E-state index contributed by atoms with van der Waals surface area (Å²) in [4.78, 5) is 4.89. The number of benzene rings is 1. The minimum atomic E-state index is -0.195. The average molecular weight is 494 g/mol. The standard InChI is InChI=1S/C28H43B5N2O2/c29-27(30,31)28(32,33)37-23-11-10-22(20-7-1-2-8-21(20)23)34-17-14-25(24-9-3-6-16-35-24)15-18-36-26(19-25)12-4-5-13-26/h1-3,6-9,16,22-23,34H,4-5,10-15,17-19,29-33H2/t22-,23-,25+/m0/s1. The van der Waals surface area contributed by atoms with Crippen LogP contribution in [0, 0.1) is 0 Å². The highest BCUT2D eigenvalue weighted by molar-refractivity contribution is 6.66. The van der Waals surface area contributed by atoms with Crippen molar-refractivity contribution < 1.29 is 9.47 Å². The molecule has 1 aromatic heterocycles. The van der Waals surface area contributed by atoms with Gasteiger partial charge in [0.1, 0.15) is 15.7 Å². The van der Waals surface area contributed by atoms with E-state index in [1.807, 2.05) is 12.3 Å². The summed E-state index contributed by atoms with van der Waals surface area (Å²) in [5, 5.41) is 3.87. The maximum absolute atomic E-state index is 6.80. The van der Waals surface area contributed by atoms with Gasteiger partial charge in [0.2, 0.25) is 0 Å². The molecule has 192 valence electrons. The summed E-state index contributed by atoms with van der Waals surface area (Å²) in [6.07, 6.45) is 12.6. The van der Waals surface area contributed by atoms with Crippen LogP contribution in [0.4, 0.5) is 0 Å². The van der Waals surface area contributed by atoms with Crippen molar-refractivity contribution in [3.63, 3.8) is 0 Å². The molecule has 3 atom stereocenters. The molecule has 2 aliphatic carbocycles. The van der Waals surface area contributed by atoms with Gasteiger partial charge >= 0.3 is 0 Å². The molecule has 1 aromatic carbocycles. The maximum atomic E-state index is 6.80. The van der Waals surface area contributed by atoms with Crippen LogP contribution >= 0.6 is 0 Å². The molecule has 0 radical (unpaired) electrons. The van der Waals surface area contributed by atoms with Crippen LogP contribution < -0.4 is 5.32 Å². The Morgan fingerprint density at radius 1 is 0.946 bits per heavy atom. The molecule has 1 N–H and O–H groups in total. The van der Waals surface area contributed by atoms with Crippen LogP contribution in [-0.2, 0) is 14.9 Å². The first-order valence-electron chi connectivity index (χ1n) is 14.7. The van der Waals surface area contributed by atoms with Gasteiger partial charge in [-0.05, 0) is 80.1 Å². The van der Waals surface area contributed by atoms with Gasteiger partial charge in [0.15, 0.2) is 0 Å². The summed E-state index contributed by atoms with van der Waals surface area (Å²) in [7, 11) is 11.3. The molecule has 0 unspecified atom stereocenters. The third kappa shape index (κ3) is 5.65. The first kappa shape index (κ1) is 27.2. The molecule has 1 aliphatic heterocycles. The third-order valence-corrected chi connectivity index (χ3v) is 10.0. The Morgan fingerprint density at radius 3 is 2.38 bits per heavy atom. The van der Waals surface area contributed by atoms with E-state index in [1.165, 1.54) is 42.5 Å². The number of nitrogens with one attached hydrogen (secondary N) is 1. The van der Waals surface area contributed by atoms with Crippen molar-refractivity contribution in [3.05, 3.63) is 65.5 Å². The van der Waals surface area contributed by atoms with Crippen molar-refractivity contribution >= 4 is 39.2 Å². The van der Waals surface area contributed by atoms with Crippen molar-refractivity contribution in [2.75, 3.05) is 13.2 Å². The molecule has 4 nitrogen and oxygen atoms in total. The van der Waals surface area contributed by atoms with E-state index in [4.69, 9.17) is 14.5 Å². The van der Waals surface area contributed by atoms with Crippen LogP contribution in [-0.4, -0.2) is 68.4 Å². The fraction of sp³-hybridized carbons (Fsp3) is 0.607. The van der Waals surface area contributed by atoms with E-state index in [1.54, 1.807) is 0 Å². The van der Waals surface area contributed by atoms with Gasteiger partial charge in [0.05, 0.1) is 35.2 Å². The van der Waals surface area contributed by atoms with Gasteiger partial charge in [0.25, 0.3) is 0 Å². The van der Waals surface area contributed by atoms with E-state index in [0.717, 1.165) is 45.3 Å². The zero-order chi connectivity index (χ0) is 26.2. The van der Waals surface area contributed by atoms with Gasteiger partial charge in [-0.1, -0.05) is 48.3 Å². The SMILES string of the molecule is BC(B)(B)C(B)(B)O[C@H]1CC[C@H](NCC[C@@]2(c3ccccn3)CCOC3(CCCC3)C2)c2ccccc21. The molecule has 2 aromatic rings. The molecule has 3 aliphatic rings. The van der Waals surface area contributed by atoms with E-state index in [9.17, 15) is 0 Å². The Hall–Kier alpha value is -1.43. The molecule has 0 bridgehead atoms. The van der Waals surface area contributed by atoms with Gasteiger partial charge in [0, 0.05) is 30.0 Å². The van der Waals surface area contributed by atoms with Crippen molar-refractivity contribution in [2.24, 2.45) is 0 Å². The zero-order valence-corrected chi connectivity index (χ0v) is 23.8. The van der Waals surface area contributed by atoms with Crippen LogP contribution in [0.5, 0.6) is 0 Å². The molecule has 1 saturated heterocycles. The lowest BCUT2D eigenvalue weighted by Gasteiger charge is -2.47. The fourth-order valence-corrected chi connectivity index (χ4v) is 6.90. The molecule has 5 rings (SSSR count). The number of aromatic nitrogens is 1. The predicted octanol–water partition coefficient (Wildman–Crippen LogP) is 0.908. The summed E-state index contributed by atoms with van der Waals surface area (Å²) in [5.74, 6) is 0. The smallest absolute Gasteiger partial charge is 0.130 e. The quantitative estimate of drug-likeness (QED) is 0.556. The molecular weight excluding hydrogens is 450 g/mol. The van der Waals surface area contributed by atoms with E-state index < -0.39 is 0 Å². The van der Waals surface area contributed by atoms with E-state index in [2.05, 4.69) is 80.9 Å². The van der Waals surface area contributed by atoms with Crippen LogP contribution in [0.3, 0.4) is 0 Å². The van der Waals surface area contributed by atoms with Gasteiger partial charge in [-0.15, -0.1) is 0 Å². The second kappa shape index (κ2) is 10.6. The number of fused-ring (bicyclic) bond motifs is 1. The molecule has 1 saturated carbocycles. The predicted molar refractivity (Wildman–Crippen MR) is 165 cm³/mol. The number of ether oxygens (including phenoxy) is 2. The molecular formula is C28H43B5N2O2. The Morgan fingerprint density at radius 2 is 1.68 bits per heavy atom. The molecule has 1 spiro atoms. The normalized spacial score (nSPS) is 27.7. The topological polar surface area (TPSA) is 43.4 Å². The Balaban J connectivity index is 1.31. The Labute approximate surface area is 228 Å². The number of hydrogen-bond donors (Lipinski definition) is 1. The van der Waals surface area contributed by atoms with E-state index >= 15 is 0 Å². The number of pyridine rings is 1. The second-order valence-corrected chi connectivity index (χ2v) is 13.5. The van der Waals surface area contributed by atoms with Crippen molar-refractivity contribution in [1.29, 1.82) is 0 Å². The van der Waals surface area contributed by atoms with E-state index in [0.29, 0.717) is 6.04 Å². The molecule has 0 amide bonds. The van der Waals surface area contributed by atoms with Gasteiger partial charge < -0.3 is 14.8 Å². The summed E-state index contributed by atoms with van der Waals surface area (Å²) in [6, 6.07) is 15.8. The van der Waals surface area contributed by atoms with E-state index in [-0.39, 0.29) is 27.6 Å². The average Bonchev–Trinajstić information content (AvgIpc) is 3.32. The minimum absolute atomic E-state index is 0.0671. The lowest BCUT2D eigenvalue weighted by molar-refractivity contribution is -0.104. The van der Waals surface area contributed by atoms with Gasteiger partial charge in [-0.25, -0.2) is 0 Å². The van der Waals surface area contributed by atoms with Crippen molar-refractivity contribution in [1.82, 2.24) is 10.3 Å². The number of hydrogen-bond acceptors (Lipinski definition) is 4. The lowest BCUT2D eigenvalue weighted by Crippen LogP contribution is -2.49. The number of rotatable bonds is 8. The summed E-state index contributed by atoms with van der Waals surface area (Å²) in [6.45, 7) is 1.84. The first-order valence-corrected chi connectivity index (χ1v) is 14.7. The highest BCUT2D eigenvalue weighted by Crippen LogP contribution is 2.50. The Kier molecular flexibility index (Phi) is 7.80. The fourth-order valence-electron chi connectivity index (χ4n) is 6.90. The van der Waals surface area contributed by atoms with Crippen molar-refractivity contribution in [3.8, 4) is 0 Å². The summed E-state index contributed by atoms with van der Waals surface area (Å²) < 4.78 is 13.3. The Bertz CT molecular complexity index is 1060. The third-order valence-electron chi connectivity index (χ3n) is 10.0. The lowest BCUT2D eigenvalue weighted by atomic mass is 9.28. The highest BCUT2D eigenvalue weighted by Gasteiger charge is 2.48. The minimum Gasteiger partial charge on any atom is -0.386 e. The summed E-state index contributed by atoms with van der Waals surface area (Å²) in [5.41, 5.74) is 4.19. The van der Waals surface area contributed by atoms with Crippen molar-refractivity contribution in [2.45, 2.75) is 91.5 Å². The highest BCUT2D eigenvalue weighted by atomic mass is 16.5. The van der Waals surface area contributed by atoms with Crippen LogP contribution in [0.25, 0.3) is 0 Å². The van der Waals surface area contributed by atoms with Crippen LogP contribution in [0.15, 0.2) is 48.7 Å².